The zero-order valence-electron chi connectivity index (χ0n) is 16.6. The molecule has 2 aromatic rings. The molecule has 5 nitrogen and oxygen atoms in total. The van der Waals surface area contributed by atoms with Crippen LogP contribution in [0.2, 0.25) is 5.02 Å². The minimum Gasteiger partial charge on any atom is -0.388 e. The van der Waals surface area contributed by atoms with Crippen LogP contribution in [0, 0.1) is 5.92 Å². The highest BCUT2D eigenvalue weighted by Crippen LogP contribution is 2.29. The molecule has 2 N–H and O–H groups in total. The maximum Gasteiger partial charge on any atom is 0.253 e. The molecule has 1 amide bonds. The number of ether oxygens (including phenoxy) is 1. The monoisotopic (exact) mass is 406 g/mol. The number of benzene rings is 1. The molecule has 1 saturated heterocycles. The molecule has 1 aromatic carbocycles. The van der Waals surface area contributed by atoms with Crippen LogP contribution in [0.5, 0.6) is 0 Å². The Hall–Kier alpha value is -1.56. The van der Waals surface area contributed by atoms with Crippen molar-refractivity contribution in [3.8, 4) is 0 Å². The zero-order chi connectivity index (χ0) is 19.9. The van der Waals surface area contributed by atoms with Crippen LogP contribution >= 0.6 is 11.6 Å². The van der Waals surface area contributed by atoms with Gasteiger partial charge >= 0.3 is 0 Å². The number of aromatic nitrogens is 1. The Balaban J connectivity index is 0.000000391. The van der Waals surface area contributed by atoms with E-state index in [0.29, 0.717) is 29.7 Å². The molecule has 2 heterocycles. The summed E-state index contributed by atoms with van der Waals surface area (Å²) in [4.78, 5) is 12.7. The summed E-state index contributed by atoms with van der Waals surface area (Å²) >= 11 is 6.38. The molecule has 4 rings (SSSR count). The highest BCUT2D eigenvalue weighted by molar-refractivity contribution is 6.36. The summed E-state index contributed by atoms with van der Waals surface area (Å²) < 4.78 is 6.72. The molecule has 2 aliphatic rings. The van der Waals surface area contributed by atoms with Crippen LogP contribution in [0.25, 0.3) is 10.9 Å². The molecule has 0 unspecified atom stereocenters. The predicted octanol–water partition coefficient (Wildman–Crippen LogP) is 4.39. The first-order valence-electron chi connectivity index (χ1n) is 10.4. The highest BCUT2D eigenvalue weighted by Gasteiger charge is 2.19. The Morgan fingerprint density at radius 1 is 1.29 bits per heavy atom. The van der Waals surface area contributed by atoms with E-state index < -0.39 is 0 Å². The Morgan fingerprint density at radius 2 is 2.00 bits per heavy atom. The van der Waals surface area contributed by atoms with E-state index in [0.717, 1.165) is 30.4 Å². The zero-order valence-corrected chi connectivity index (χ0v) is 17.4. The summed E-state index contributed by atoms with van der Waals surface area (Å²) in [5.41, 5.74) is 1.75. The van der Waals surface area contributed by atoms with E-state index in [1.807, 2.05) is 24.4 Å². The lowest BCUT2D eigenvalue weighted by molar-refractivity contribution is -0.0936. The average molecular weight is 407 g/mol. The van der Waals surface area contributed by atoms with Crippen molar-refractivity contribution in [3.63, 3.8) is 0 Å². The van der Waals surface area contributed by atoms with Crippen molar-refractivity contribution in [2.24, 2.45) is 5.92 Å². The quantitative estimate of drug-likeness (QED) is 0.773. The van der Waals surface area contributed by atoms with Crippen molar-refractivity contribution in [2.75, 3.05) is 19.8 Å². The number of hydrogen-bond acceptors (Lipinski definition) is 3. The lowest BCUT2D eigenvalue weighted by Gasteiger charge is -2.21. The summed E-state index contributed by atoms with van der Waals surface area (Å²) in [7, 11) is 0. The number of carbonyl (C=O) groups is 1. The van der Waals surface area contributed by atoms with Crippen molar-refractivity contribution < 1.29 is 14.6 Å². The number of nitrogens with zero attached hydrogens (tertiary/aromatic N) is 1. The number of rotatable bonds is 5. The summed E-state index contributed by atoms with van der Waals surface area (Å²) in [5, 5.41) is 13.0. The molecule has 28 heavy (non-hydrogen) atoms. The van der Waals surface area contributed by atoms with Crippen molar-refractivity contribution >= 4 is 28.4 Å². The van der Waals surface area contributed by atoms with Gasteiger partial charge < -0.3 is 19.7 Å². The van der Waals surface area contributed by atoms with Crippen LogP contribution in [0.4, 0.5) is 0 Å². The molecular weight excluding hydrogens is 376 g/mol. The maximum atomic E-state index is 12.7. The van der Waals surface area contributed by atoms with E-state index in [4.69, 9.17) is 16.7 Å². The van der Waals surface area contributed by atoms with Gasteiger partial charge in [-0.25, -0.2) is 0 Å². The number of amides is 1. The van der Waals surface area contributed by atoms with Gasteiger partial charge in [0.15, 0.2) is 0 Å². The third kappa shape index (κ3) is 5.28. The maximum absolute atomic E-state index is 12.7. The molecule has 6 heteroatoms. The second-order valence-electron chi connectivity index (χ2n) is 7.78. The fourth-order valence-electron chi connectivity index (χ4n) is 3.85. The summed E-state index contributed by atoms with van der Waals surface area (Å²) in [6.45, 7) is 4.90. The van der Waals surface area contributed by atoms with Crippen LogP contribution < -0.4 is 5.32 Å². The Morgan fingerprint density at radius 3 is 2.61 bits per heavy atom. The number of aliphatic hydroxyl groups is 1. The number of fused-ring (bicyclic) bond motifs is 1. The summed E-state index contributed by atoms with van der Waals surface area (Å²) in [6, 6.07) is 5.84. The molecule has 0 radical (unpaired) electrons. The van der Waals surface area contributed by atoms with Gasteiger partial charge in [0, 0.05) is 24.7 Å². The smallest absolute Gasteiger partial charge is 0.253 e. The minimum atomic E-state index is -0.157. The second kappa shape index (κ2) is 10.3. The predicted molar refractivity (Wildman–Crippen MR) is 113 cm³/mol. The summed E-state index contributed by atoms with van der Waals surface area (Å²) in [5.74, 6) is 0.635. The number of aryl methyl sites for hydroxylation is 1. The van der Waals surface area contributed by atoms with Gasteiger partial charge in [0.05, 0.1) is 29.3 Å². The van der Waals surface area contributed by atoms with Gasteiger partial charge in [0.25, 0.3) is 5.91 Å². The van der Waals surface area contributed by atoms with Crippen LogP contribution in [0.1, 0.15) is 55.8 Å². The lowest BCUT2D eigenvalue weighted by atomic mass is 9.89. The molecular formula is C22H31ClN2O3. The fraction of sp³-hybridized carbons (Fsp3) is 0.591. The van der Waals surface area contributed by atoms with Crippen molar-refractivity contribution in [2.45, 2.75) is 58.1 Å². The lowest BCUT2D eigenvalue weighted by Crippen LogP contribution is -2.32. The normalized spacial score (nSPS) is 17.7. The number of hydrogen-bond donors (Lipinski definition) is 2. The fourth-order valence-corrected chi connectivity index (χ4v) is 4.12. The van der Waals surface area contributed by atoms with Crippen LogP contribution in [-0.2, 0) is 11.3 Å². The summed E-state index contributed by atoms with van der Waals surface area (Å²) in [6.07, 6.45) is 9.22. The standard InChI is InChI=1S/C19H25ClN2O.C3H6O2/c1-2-11-22-13-15(18-16(20)9-6-10-17(18)22)19(23)21-12-14-7-4-3-5-8-14;4-3-1-5-2-3/h6,9-10,13-14H,2-5,7-8,11-12H2,1H3,(H,21,23);3-4H,1-2H2. The first-order chi connectivity index (χ1) is 13.6. The van der Waals surface area contributed by atoms with E-state index in [1.165, 1.54) is 32.1 Å². The highest BCUT2D eigenvalue weighted by atomic mass is 35.5. The van der Waals surface area contributed by atoms with Crippen LogP contribution in [0.15, 0.2) is 24.4 Å². The number of aliphatic hydroxyl groups excluding tert-OH is 1. The Bertz CT molecular complexity index is 779. The number of carbonyl (C=O) groups excluding carboxylic acids is 1. The number of halogens is 1. The SMILES string of the molecule is CCCn1cc(C(=O)NCC2CCCCC2)c2c(Cl)cccc21.OC1COC1. The van der Waals surface area contributed by atoms with Crippen molar-refractivity contribution in [1.29, 1.82) is 0 Å². The average Bonchev–Trinajstić information content (AvgIpc) is 3.06. The molecule has 2 fully saturated rings. The Kier molecular flexibility index (Phi) is 7.77. The van der Waals surface area contributed by atoms with Crippen LogP contribution in [0.3, 0.4) is 0 Å². The first-order valence-corrected chi connectivity index (χ1v) is 10.8. The van der Waals surface area contributed by atoms with Gasteiger partial charge in [-0.3, -0.25) is 4.79 Å². The first kappa shape index (κ1) is 21.2. The third-order valence-corrected chi connectivity index (χ3v) is 5.78. The van der Waals surface area contributed by atoms with Crippen molar-refractivity contribution in [1.82, 2.24) is 9.88 Å². The minimum absolute atomic E-state index is 0.00327. The van der Waals surface area contributed by atoms with E-state index in [9.17, 15) is 4.79 Å². The van der Waals surface area contributed by atoms with E-state index >= 15 is 0 Å². The molecule has 0 spiro atoms. The molecule has 1 aromatic heterocycles. The Labute approximate surface area is 172 Å². The van der Waals surface area contributed by atoms with Gasteiger partial charge in [-0.1, -0.05) is 43.9 Å². The van der Waals surface area contributed by atoms with Gasteiger partial charge in [-0.15, -0.1) is 0 Å². The van der Waals surface area contributed by atoms with Gasteiger partial charge in [0.1, 0.15) is 6.10 Å². The van der Waals surface area contributed by atoms with Gasteiger partial charge in [0.2, 0.25) is 0 Å². The van der Waals surface area contributed by atoms with Crippen LogP contribution in [-0.4, -0.2) is 41.4 Å². The molecule has 1 saturated carbocycles. The van der Waals surface area contributed by atoms with Gasteiger partial charge in [-0.05, 0) is 37.3 Å². The van der Waals surface area contributed by atoms with Gasteiger partial charge in [-0.2, -0.15) is 0 Å². The molecule has 1 aliphatic heterocycles. The molecule has 0 bridgehead atoms. The van der Waals surface area contributed by atoms with E-state index in [-0.39, 0.29) is 12.0 Å². The third-order valence-electron chi connectivity index (χ3n) is 5.46. The van der Waals surface area contributed by atoms with E-state index in [1.54, 1.807) is 0 Å². The van der Waals surface area contributed by atoms with E-state index in [2.05, 4.69) is 21.5 Å². The molecule has 154 valence electrons. The second-order valence-corrected chi connectivity index (χ2v) is 8.18. The largest absolute Gasteiger partial charge is 0.388 e. The molecule has 1 aliphatic carbocycles. The topological polar surface area (TPSA) is 63.5 Å². The molecule has 0 atom stereocenters. The van der Waals surface area contributed by atoms with Crippen molar-refractivity contribution in [3.05, 3.63) is 35.0 Å². The number of nitrogens with one attached hydrogen (secondary N) is 1.